The van der Waals surface area contributed by atoms with E-state index in [1.807, 2.05) is 37.0 Å². The van der Waals surface area contributed by atoms with E-state index < -0.39 is 0 Å². The standard InChI is InChI=1S/C33H47N3O3/c1-6-25-11-12-27(38)20-29(25)33-17-18-36(21-24-9-10-24)23(2)32(33)15-13-28(33)30(14-16-32)35(5)31(39)26(8-7-19-37)22-34(3)4/h7-8,11-12,19-20,22-24,28,30,38H,6,9-10,13-18,21H2,1-5H3/b8-7-,26-22+. The second kappa shape index (κ2) is 10.8. The van der Waals surface area contributed by atoms with Crippen LogP contribution in [-0.4, -0.2) is 78.3 Å². The molecule has 212 valence electrons. The van der Waals surface area contributed by atoms with Gasteiger partial charge in [-0.1, -0.05) is 13.0 Å². The summed E-state index contributed by atoms with van der Waals surface area (Å²) < 4.78 is 0. The van der Waals surface area contributed by atoms with Gasteiger partial charge in [0.2, 0.25) is 0 Å². The van der Waals surface area contributed by atoms with E-state index >= 15 is 0 Å². The van der Waals surface area contributed by atoms with E-state index in [0.717, 1.165) is 50.9 Å². The van der Waals surface area contributed by atoms with E-state index in [0.29, 0.717) is 23.3 Å². The van der Waals surface area contributed by atoms with Crippen LogP contribution in [0, 0.1) is 17.3 Å². The summed E-state index contributed by atoms with van der Waals surface area (Å²) in [6.45, 7) is 6.99. The number of phenolic OH excluding ortho intramolecular Hbond substituents is 1. The van der Waals surface area contributed by atoms with Gasteiger partial charge in [-0.2, -0.15) is 0 Å². The number of likely N-dealkylation sites (tertiary alicyclic amines) is 1. The number of allylic oxidation sites excluding steroid dienone is 1. The highest BCUT2D eigenvalue weighted by Crippen LogP contribution is 2.70. The van der Waals surface area contributed by atoms with Gasteiger partial charge >= 0.3 is 0 Å². The highest BCUT2D eigenvalue weighted by Gasteiger charge is 2.69. The van der Waals surface area contributed by atoms with Crippen LogP contribution in [0.1, 0.15) is 69.9 Å². The lowest BCUT2D eigenvalue weighted by Crippen LogP contribution is -2.67. The second-order valence-electron chi connectivity index (χ2n) is 12.9. The summed E-state index contributed by atoms with van der Waals surface area (Å²) in [6, 6.07) is 6.63. The summed E-state index contributed by atoms with van der Waals surface area (Å²) in [6.07, 6.45) is 14.7. The maximum Gasteiger partial charge on any atom is 0.255 e. The summed E-state index contributed by atoms with van der Waals surface area (Å²) in [5, 5.41) is 10.8. The molecule has 3 saturated carbocycles. The van der Waals surface area contributed by atoms with Gasteiger partial charge in [-0.05, 0) is 117 Å². The molecule has 1 heterocycles. The molecule has 1 aromatic rings. The number of hydrogen-bond donors (Lipinski definition) is 1. The molecule has 2 bridgehead atoms. The molecule has 5 unspecified atom stereocenters. The third kappa shape index (κ3) is 4.63. The van der Waals surface area contributed by atoms with Crippen molar-refractivity contribution >= 4 is 12.2 Å². The number of amides is 1. The molecule has 39 heavy (non-hydrogen) atoms. The van der Waals surface area contributed by atoms with Crippen LogP contribution >= 0.6 is 0 Å². The van der Waals surface area contributed by atoms with E-state index in [9.17, 15) is 14.7 Å². The minimum absolute atomic E-state index is 0.0350. The van der Waals surface area contributed by atoms with Crippen LogP contribution in [0.15, 0.2) is 42.1 Å². The number of piperidine rings is 1. The lowest BCUT2D eigenvalue weighted by atomic mass is 9.46. The number of aromatic hydroxyl groups is 1. The van der Waals surface area contributed by atoms with Crippen LogP contribution in [0.4, 0.5) is 0 Å². The van der Waals surface area contributed by atoms with Crippen LogP contribution < -0.4 is 0 Å². The number of carbonyl (C=O) groups excluding carboxylic acids is 2. The van der Waals surface area contributed by atoms with Crippen molar-refractivity contribution in [1.82, 2.24) is 14.7 Å². The lowest BCUT2D eigenvalue weighted by Gasteiger charge is -2.64. The van der Waals surface area contributed by atoms with Crippen molar-refractivity contribution in [3.05, 3.63) is 53.3 Å². The number of rotatable bonds is 9. The predicted molar refractivity (Wildman–Crippen MR) is 155 cm³/mol. The fourth-order valence-electron chi connectivity index (χ4n) is 9.00. The number of hydrogen-bond acceptors (Lipinski definition) is 5. The van der Waals surface area contributed by atoms with Gasteiger partial charge in [0, 0.05) is 51.4 Å². The molecular formula is C33H47N3O3. The molecule has 0 aromatic heterocycles. The molecule has 6 heteroatoms. The Morgan fingerprint density at radius 1 is 1.13 bits per heavy atom. The van der Waals surface area contributed by atoms with Crippen LogP contribution in [0.5, 0.6) is 5.75 Å². The topological polar surface area (TPSA) is 64.1 Å². The van der Waals surface area contributed by atoms with E-state index in [1.165, 1.54) is 43.0 Å². The van der Waals surface area contributed by atoms with Gasteiger partial charge in [-0.3, -0.25) is 14.5 Å². The molecule has 5 atom stereocenters. The van der Waals surface area contributed by atoms with Crippen LogP contribution in [-0.2, 0) is 21.4 Å². The Labute approximate surface area is 234 Å². The monoisotopic (exact) mass is 533 g/mol. The van der Waals surface area contributed by atoms with Crippen molar-refractivity contribution in [2.45, 2.75) is 82.7 Å². The zero-order valence-electron chi connectivity index (χ0n) is 24.5. The van der Waals surface area contributed by atoms with E-state index in [2.05, 4.69) is 30.9 Å². The minimum atomic E-state index is -0.0714. The number of likely N-dealkylation sites (N-methyl/N-ethyl adjacent to an activating group) is 1. The quantitative estimate of drug-likeness (QED) is 0.278. The number of nitrogens with zero attached hydrogens (tertiary/aromatic N) is 3. The Balaban J connectivity index is 1.58. The minimum Gasteiger partial charge on any atom is -0.508 e. The zero-order valence-corrected chi connectivity index (χ0v) is 24.5. The summed E-state index contributed by atoms with van der Waals surface area (Å²) in [7, 11) is 5.75. The summed E-state index contributed by atoms with van der Waals surface area (Å²) in [5.41, 5.74) is 3.27. The summed E-state index contributed by atoms with van der Waals surface area (Å²) >= 11 is 0. The average Bonchev–Trinajstić information content (AvgIpc) is 3.71. The number of aryl methyl sites for hydroxylation is 1. The van der Waals surface area contributed by atoms with E-state index in [1.54, 1.807) is 12.3 Å². The molecule has 4 fully saturated rings. The largest absolute Gasteiger partial charge is 0.508 e. The first kappa shape index (κ1) is 27.9. The smallest absolute Gasteiger partial charge is 0.255 e. The molecule has 6 nitrogen and oxygen atoms in total. The molecule has 1 N–H and O–H groups in total. The van der Waals surface area contributed by atoms with Crippen LogP contribution in [0.2, 0.25) is 0 Å². The zero-order chi connectivity index (χ0) is 27.9. The molecule has 0 radical (unpaired) electrons. The third-order valence-electron chi connectivity index (χ3n) is 10.9. The molecule has 1 amide bonds. The first-order valence-corrected chi connectivity index (χ1v) is 15.0. The number of aldehydes is 1. The SMILES string of the molecule is CCc1ccc(O)cc1C12CCN(CC3CC3)C(C)C13CCC(N(C)C(=O)C(/C=C\C=O)=C/N(C)C)C2CC3. The lowest BCUT2D eigenvalue weighted by molar-refractivity contribution is -0.135. The van der Waals surface area contributed by atoms with Crippen molar-refractivity contribution in [2.75, 3.05) is 34.2 Å². The Bertz CT molecular complexity index is 1150. The highest BCUT2D eigenvalue weighted by atomic mass is 16.3. The second-order valence-corrected chi connectivity index (χ2v) is 12.9. The van der Waals surface area contributed by atoms with Crippen molar-refractivity contribution in [2.24, 2.45) is 17.3 Å². The molecular weight excluding hydrogens is 486 g/mol. The van der Waals surface area contributed by atoms with E-state index in [-0.39, 0.29) is 22.8 Å². The molecule has 4 aliphatic rings. The number of carbonyl (C=O) groups is 2. The summed E-state index contributed by atoms with van der Waals surface area (Å²) in [4.78, 5) is 31.6. The molecule has 5 rings (SSSR count). The van der Waals surface area contributed by atoms with Gasteiger partial charge in [0.25, 0.3) is 5.91 Å². The Morgan fingerprint density at radius 3 is 2.54 bits per heavy atom. The van der Waals surface area contributed by atoms with Gasteiger partial charge in [0.15, 0.2) is 0 Å². The fourth-order valence-corrected chi connectivity index (χ4v) is 9.00. The Kier molecular flexibility index (Phi) is 7.71. The molecule has 3 aliphatic carbocycles. The Morgan fingerprint density at radius 2 is 1.87 bits per heavy atom. The van der Waals surface area contributed by atoms with Crippen LogP contribution in [0.3, 0.4) is 0 Å². The molecule has 1 aliphatic heterocycles. The Hall–Kier alpha value is -2.60. The van der Waals surface area contributed by atoms with Gasteiger partial charge in [-0.15, -0.1) is 0 Å². The number of benzene rings is 1. The first-order chi connectivity index (χ1) is 18.7. The van der Waals surface area contributed by atoms with Crippen molar-refractivity contribution in [3.8, 4) is 5.75 Å². The average molecular weight is 534 g/mol. The van der Waals surface area contributed by atoms with Gasteiger partial charge < -0.3 is 14.9 Å². The normalized spacial score (nSPS) is 32.7. The maximum absolute atomic E-state index is 13.9. The molecule has 0 spiro atoms. The summed E-state index contributed by atoms with van der Waals surface area (Å²) in [5.74, 6) is 1.50. The van der Waals surface area contributed by atoms with Crippen molar-refractivity contribution < 1.29 is 14.7 Å². The third-order valence-corrected chi connectivity index (χ3v) is 10.9. The van der Waals surface area contributed by atoms with E-state index in [4.69, 9.17) is 0 Å². The molecule has 1 aromatic carbocycles. The predicted octanol–water partition coefficient (Wildman–Crippen LogP) is 4.91. The van der Waals surface area contributed by atoms with Gasteiger partial charge in [0.05, 0.1) is 5.57 Å². The van der Waals surface area contributed by atoms with Gasteiger partial charge in [-0.25, -0.2) is 0 Å². The molecule has 1 saturated heterocycles. The van der Waals surface area contributed by atoms with Crippen molar-refractivity contribution in [1.29, 1.82) is 0 Å². The fraction of sp³-hybridized carbons (Fsp3) is 0.636. The van der Waals surface area contributed by atoms with Crippen molar-refractivity contribution in [3.63, 3.8) is 0 Å². The maximum atomic E-state index is 13.9. The highest BCUT2D eigenvalue weighted by molar-refractivity contribution is 5.97. The van der Waals surface area contributed by atoms with Gasteiger partial charge in [0.1, 0.15) is 12.0 Å². The first-order valence-electron chi connectivity index (χ1n) is 15.0. The van der Waals surface area contributed by atoms with Crippen LogP contribution in [0.25, 0.3) is 0 Å². The number of phenols is 1.